The average molecular weight is 569 g/mol. The molecule has 0 atom stereocenters. The van der Waals surface area contributed by atoms with Crippen molar-refractivity contribution in [3.05, 3.63) is 0 Å². The van der Waals surface area contributed by atoms with Gasteiger partial charge in [0.05, 0.1) is 0 Å². The van der Waals surface area contributed by atoms with Crippen molar-refractivity contribution in [3.8, 4) is 0 Å². The maximum absolute atomic E-state index is 8.52. The van der Waals surface area contributed by atoms with Gasteiger partial charge in [-0.15, -0.1) is 0 Å². The van der Waals surface area contributed by atoms with Crippen LogP contribution in [-0.2, 0) is 17.8 Å². The van der Waals surface area contributed by atoms with Gasteiger partial charge < -0.3 is 61.9 Å². The molecule has 0 aromatic rings. The molecule has 0 bridgehead atoms. The van der Waals surface area contributed by atoms with Gasteiger partial charge in [-0.05, 0) is 0 Å². The number of rotatable bonds is 0. The molecule has 0 N–H and O–H groups in total. The van der Waals surface area contributed by atoms with Crippen molar-refractivity contribution in [2.45, 2.75) is 0 Å². The zero-order valence-corrected chi connectivity index (χ0v) is 26.3. The molecule has 0 aromatic heterocycles. The molecule has 0 aliphatic carbocycles. The monoisotopic (exact) mass is 568 g/mol. The molecule has 12 nitrogen and oxygen atoms in total. The Kier molecular flexibility index (Phi) is 226. The predicted molar refractivity (Wildman–Crippen MR) is 70.0 cm³/mol. The zero-order valence-electron chi connectivity index (χ0n) is 14.9. The fourth-order valence-electron chi connectivity index (χ4n) is 0. The van der Waals surface area contributed by atoms with Gasteiger partial charge in [-0.2, -0.15) is 0 Å². The largest absolute Gasteiger partial charge is 1.00 e. The van der Waals surface area contributed by atoms with Crippen molar-refractivity contribution in [2.24, 2.45) is 0 Å². The van der Waals surface area contributed by atoms with Gasteiger partial charge in [-0.25, -0.2) is 0 Å². The molecule has 0 amide bonds. The minimum absolute atomic E-state index is 0. The Morgan fingerprint density at radius 2 is 0.417 bits per heavy atom. The van der Waals surface area contributed by atoms with Crippen molar-refractivity contribution in [1.82, 2.24) is 0 Å². The van der Waals surface area contributed by atoms with Crippen LogP contribution >= 0.6 is 0 Å². The maximum atomic E-state index is 8.52. The van der Waals surface area contributed by atoms with Crippen molar-refractivity contribution in [3.63, 3.8) is 0 Å². The molecule has 24 heavy (non-hydrogen) atoms. The Balaban J connectivity index is -0.00000000429. The summed E-state index contributed by atoms with van der Waals surface area (Å²) in [6.07, 6.45) is 0. The van der Waals surface area contributed by atoms with E-state index >= 15 is 0 Å². The van der Waals surface area contributed by atoms with E-state index in [1.54, 1.807) is 0 Å². The molecule has 0 heterocycles. The van der Waals surface area contributed by atoms with Gasteiger partial charge >= 0.3 is 184 Å². The van der Waals surface area contributed by atoms with E-state index in [2.05, 4.69) is 0 Å². The van der Waals surface area contributed by atoms with Crippen LogP contribution in [0.25, 0.3) is 0 Å². The fourth-order valence-corrected chi connectivity index (χ4v) is 0. The van der Waals surface area contributed by atoms with E-state index in [-0.39, 0.29) is 259 Å². The van der Waals surface area contributed by atoms with E-state index in [0.29, 0.717) is 0 Å². The number of hydrogen-bond donors (Lipinski definition) is 0. The van der Waals surface area contributed by atoms with Crippen LogP contribution in [0.15, 0.2) is 0 Å². The van der Waals surface area contributed by atoms with Gasteiger partial charge in [0.25, 0.3) is 0 Å². The molecule has 0 rings (SSSR count). The summed E-state index contributed by atoms with van der Waals surface area (Å²) in [5.74, 6) is 0. The molecular weight excluding hydrogens is 553 g/mol. The molecule has 0 fully saturated rings. The third-order valence-electron chi connectivity index (χ3n) is 0. The van der Waals surface area contributed by atoms with Gasteiger partial charge in [-0.1, -0.05) is 0 Å². The molecular formula is H16Al4K3NaO12Si4-8. The summed E-state index contributed by atoms with van der Waals surface area (Å²) in [5, 5.41) is 0. The molecule has 0 saturated heterocycles. The van der Waals surface area contributed by atoms with Crippen LogP contribution in [0.3, 0.4) is 0 Å². The van der Waals surface area contributed by atoms with Crippen molar-refractivity contribution >= 4 is 106 Å². The van der Waals surface area contributed by atoms with Crippen LogP contribution in [0, 0.1) is 0 Å². The summed E-state index contributed by atoms with van der Waals surface area (Å²) in [5.41, 5.74) is 0. The molecule has 0 unspecified atom stereocenters. The van der Waals surface area contributed by atoms with E-state index in [1.807, 2.05) is 0 Å². The summed E-state index contributed by atoms with van der Waals surface area (Å²) >= 11 is 0. The summed E-state index contributed by atoms with van der Waals surface area (Å²) < 4.78 is 34.1. The SMILES string of the molecule is O=[Si]([O-])[O-].O=[Si]([O-])[O-].O=[Si]([O-])[O-].O=[Si]([O-])[O-].[AlH3].[AlH3].[AlH3].[AlH3].[H-].[H-].[H-].[H-].[K+].[K+].[K+].[Na+]. The summed E-state index contributed by atoms with van der Waals surface area (Å²) in [6.45, 7) is 0. The molecule has 0 spiro atoms. The Labute approximate surface area is 342 Å². The van der Waals surface area contributed by atoms with Crippen LogP contribution in [0.4, 0.5) is 0 Å². The van der Waals surface area contributed by atoms with Crippen molar-refractivity contribution < 1.29 is 246 Å². The van der Waals surface area contributed by atoms with Gasteiger partial charge in [0.2, 0.25) is 0 Å². The van der Waals surface area contributed by atoms with E-state index in [1.165, 1.54) is 0 Å². The van der Waals surface area contributed by atoms with Crippen LogP contribution in [0.5, 0.6) is 0 Å². The molecule has 128 valence electrons. The normalized spacial score (nSPS) is 4.00. The van der Waals surface area contributed by atoms with Gasteiger partial charge in [0.15, 0.2) is 69.4 Å². The van der Waals surface area contributed by atoms with E-state index in [4.69, 9.17) is 56.2 Å². The van der Waals surface area contributed by atoms with E-state index < -0.39 is 36.7 Å². The minimum Gasteiger partial charge on any atom is -1.00 e. The first kappa shape index (κ1) is 77.5. The maximum Gasteiger partial charge on any atom is 1.00 e. The first-order valence-corrected chi connectivity index (χ1v) is 7.35. The van der Waals surface area contributed by atoms with Crippen LogP contribution in [-0.4, -0.2) is 106 Å². The Morgan fingerprint density at radius 3 is 0.417 bits per heavy atom. The van der Waals surface area contributed by atoms with Crippen molar-refractivity contribution in [1.29, 1.82) is 0 Å². The van der Waals surface area contributed by atoms with E-state index in [0.717, 1.165) is 0 Å². The summed E-state index contributed by atoms with van der Waals surface area (Å²) in [6, 6.07) is 0. The van der Waals surface area contributed by atoms with Crippen LogP contribution < -0.4 is 222 Å². The Bertz CT molecular complexity index is 203. The Hall–Kier alpha value is 6.51. The molecule has 24 heteroatoms. The first-order valence-electron chi connectivity index (χ1n) is 2.45. The molecule has 0 saturated carbocycles. The second-order valence-electron chi connectivity index (χ2n) is 1.00. The van der Waals surface area contributed by atoms with Crippen molar-refractivity contribution in [2.75, 3.05) is 0 Å². The summed E-state index contributed by atoms with van der Waals surface area (Å²) in [4.78, 5) is 68.1. The Morgan fingerprint density at radius 1 is 0.417 bits per heavy atom. The predicted octanol–water partition coefficient (Wildman–Crippen LogP) is -27.8. The third kappa shape index (κ3) is 509. The topological polar surface area (TPSA) is 253 Å². The second-order valence-corrected chi connectivity index (χ2v) is 3.00. The minimum atomic E-state index is -3.63. The van der Waals surface area contributed by atoms with Crippen LogP contribution in [0.1, 0.15) is 5.71 Å². The molecule has 0 aromatic carbocycles. The fraction of sp³-hybridized carbons (Fsp3) is 0. The average Bonchev–Trinajstić information content (AvgIpc) is 1.76. The van der Waals surface area contributed by atoms with Gasteiger partial charge in [0.1, 0.15) is 0 Å². The van der Waals surface area contributed by atoms with Crippen LogP contribution in [0.2, 0.25) is 0 Å². The molecule has 0 radical (unpaired) electrons. The number of hydrogen-bond acceptors (Lipinski definition) is 12. The zero-order chi connectivity index (χ0) is 14.3. The second kappa shape index (κ2) is 70.0. The van der Waals surface area contributed by atoms with E-state index in [9.17, 15) is 0 Å². The summed E-state index contributed by atoms with van der Waals surface area (Å²) in [7, 11) is -14.5. The standard InChI is InChI=1S/4Al.3K.Na.4O3Si.16H/c;;;;;;;;4*1-4(2)3;;;;;;;;;;;;;;;;/q;;;;4*+1;4*-2;;;;;;;;;;;;;4*-1. The molecule has 0 aliphatic rings. The third-order valence-corrected chi connectivity index (χ3v) is 0. The quantitative estimate of drug-likeness (QED) is 0.247. The smallest absolute Gasteiger partial charge is 1.00 e. The van der Waals surface area contributed by atoms with Gasteiger partial charge in [-0.3, -0.25) is 0 Å². The van der Waals surface area contributed by atoms with Gasteiger partial charge in [0, 0.05) is 36.7 Å². The molecule has 0 aliphatic heterocycles. The first-order chi connectivity index (χ1) is 6.93.